The fraction of sp³-hybridized carbons (Fsp3) is 0.182. The maximum Gasteiger partial charge on any atom is 0.103 e. The molecule has 1 aromatic carbocycles. The van der Waals surface area contributed by atoms with E-state index in [0.717, 1.165) is 21.5 Å². The molecule has 2 rings (SSSR count). The summed E-state index contributed by atoms with van der Waals surface area (Å²) in [4.78, 5) is 6.77. The van der Waals surface area contributed by atoms with E-state index in [1.165, 1.54) is 9.77 Å². The standard InChI is InChI=1S/C11H10ClNS3/c12-8-1-3-9(4-2-8)15-7-11-13-5-10(6-14)16-11/h1-5,14H,6-7H2. The van der Waals surface area contributed by atoms with Crippen LogP contribution in [-0.4, -0.2) is 4.98 Å². The van der Waals surface area contributed by atoms with Crippen molar-refractivity contribution in [2.24, 2.45) is 0 Å². The lowest BCUT2D eigenvalue weighted by Gasteiger charge is -1.98. The Morgan fingerprint density at radius 2 is 2.06 bits per heavy atom. The van der Waals surface area contributed by atoms with E-state index in [4.69, 9.17) is 11.6 Å². The highest BCUT2D eigenvalue weighted by Crippen LogP contribution is 2.26. The number of thioether (sulfide) groups is 1. The molecule has 84 valence electrons. The number of thiazole rings is 1. The first kappa shape index (κ1) is 12.3. The van der Waals surface area contributed by atoms with Crippen LogP contribution in [0.2, 0.25) is 5.02 Å². The number of nitrogens with zero attached hydrogens (tertiary/aromatic N) is 1. The van der Waals surface area contributed by atoms with Gasteiger partial charge in [-0.1, -0.05) is 11.6 Å². The first-order valence-corrected chi connectivity index (χ1v) is 7.52. The van der Waals surface area contributed by atoms with Gasteiger partial charge < -0.3 is 0 Å². The zero-order chi connectivity index (χ0) is 11.4. The Kier molecular flexibility index (Phi) is 4.58. The Balaban J connectivity index is 1.94. The average Bonchev–Trinajstić information content (AvgIpc) is 2.76. The van der Waals surface area contributed by atoms with Crippen molar-refractivity contribution in [3.63, 3.8) is 0 Å². The molecule has 1 nitrogen and oxygen atoms in total. The quantitative estimate of drug-likeness (QED) is 0.656. The van der Waals surface area contributed by atoms with Crippen molar-refractivity contribution in [3.05, 3.63) is 45.4 Å². The van der Waals surface area contributed by atoms with Gasteiger partial charge in [0.1, 0.15) is 5.01 Å². The molecule has 0 unspecified atom stereocenters. The fourth-order valence-electron chi connectivity index (χ4n) is 1.16. The summed E-state index contributed by atoms with van der Waals surface area (Å²) in [5.41, 5.74) is 0. The lowest BCUT2D eigenvalue weighted by Crippen LogP contribution is -1.77. The zero-order valence-corrected chi connectivity index (χ0v) is 11.7. The summed E-state index contributed by atoms with van der Waals surface area (Å²) in [5.74, 6) is 1.67. The summed E-state index contributed by atoms with van der Waals surface area (Å²) in [5, 5.41) is 1.92. The van der Waals surface area contributed by atoms with Crippen molar-refractivity contribution in [3.8, 4) is 0 Å². The SMILES string of the molecule is SCc1cnc(CSc2ccc(Cl)cc2)s1. The second-order valence-electron chi connectivity index (χ2n) is 3.12. The molecule has 0 aliphatic heterocycles. The number of hydrogen-bond acceptors (Lipinski definition) is 4. The lowest BCUT2D eigenvalue weighted by molar-refractivity contribution is 1.25. The molecule has 1 heterocycles. The van der Waals surface area contributed by atoms with Crippen LogP contribution in [0.1, 0.15) is 9.88 Å². The van der Waals surface area contributed by atoms with Gasteiger partial charge in [-0.2, -0.15) is 12.6 Å². The van der Waals surface area contributed by atoms with E-state index in [1.807, 2.05) is 30.5 Å². The van der Waals surface area contributed by atoms with Crippen LogP contribution in [-0.2, 0) is 11.5 Å². The van der Waals surface area contributed by atoms with Crippen LogP contribution in [0.4, 0.5) is 0 Å². The summed E-state index contributed by atoms with van der Waals surface area (Å²) >= 11 is 13.5. The summed E-state index contributed by atoms with van der Waals surface area (Å²) in [6.07, 6.45) is 1.90. The lowest BCUT2D eigenvalue weighted by atomic mass is 10.4. The van der Waals surface area contributed by atoms with Gasteiger partial charge in [0, 0.05) is 26.7 Å². The molecule has 1 aromatic heterocycles. The summed E-state index contributed by atoms with van der Waals surface area (Å²) in [6, 6.07) is 7.87. The third-order valence-corrected chi connectivity index (χ3v) is 4.94. The van der Waals surface area contributed by atoms with Crippen LogP contribution in [0.25, 0.3) is 0 Å². The topological polar surface area (TPSA) is 12.9 Å². The van der Waals surface area contributed by atoms with Gasteiger partial charge in [-0.15, -0.1) is 23.1 Å². The normalized spacial score (nSPS) is 10.6. The second-order valence-corrected chi connectivity index (χ2v) is 6.12. The summed E-state index contributed by atoms with van der Waals surface area (Å²) in [7, 11) is 0. The molecular weight excluding hydrogens is 278 g/mol. The van der Waals surface area contributed by atoms with Crippen LogP contribution in [0.3, 0.4) is 0 Å². The van der Waals surface area contributed by atoms with Crippen molar-refractivity contribution in [1.82, 2.24) is 4.98 Å². The number of hydrogen-bond donors (Lipinski definition) is 1. The van der Waals surface area contributed by atoms with Crippen LogP contribution in [0.5, 0.6) is 0 Å². The van der Waals surface area contributed by atoms with E-state index in [9.17, 15) is 0 Å². The van der Waals surface area contributed by atoms with Crippen LogP contribution < -0.4 is 0 Å². The molecule has 0 amide bonds. The Labute approximate surface area is 114 Å². The predicted molar refractivity (Wildman–Crippen MR) is 75.8 cm³/mol. The molecule has 0 saturated heterocycles. The molecule has 0 bridgehead atoms. The van der Waals surface area contributed by atoms with Gasteiger partial charge in [0.2, 0.25) is 0 Å². The first-order valence-electron chi connectivity index (χ1n) is 4.71. The minimum atomic E-state index is 0.767. The van der Waals surface area contributed by atoms with Crippen molar-refractivity contribution < 1.29 is 0 Å². The summed E-state index contributed by atoms with van der Waals surface area (Å²) < 4.78 is 0. The molecular formula is C11H10ClNS3. The molecule has 5 heteroatoms. The highest BCUT2D eigenvalue weighted by Gasteiger charge is 2.01. The van der Waals surface area contributed by atoms with E-state index < -0.39 is 0 Å². The molecule has 0 spiro atoms. The minimum absolute atomic E-state index is 0.767. The predicted octanol–water partition coefficient (Wildman–Crippen LogP) is 4.52. The Hall–Kier alpha value is -0.160. The largest absolute Gasteiger partial charge is 0.248 e. The molecule has 0 fully saturated rings. The number of halogens is 1. The van der Waals surface area contributed by atoms with Gasteiger partial charge in [-0.3, -0.25) is 0 Å². The Bertz CT molecular complexity index is 453. The van der Waals surface area contributed by atoms with Gasteiger partial charge in [0.05, 0.1) is 5.75 Å². The van der Waals surface area contributed by atoms with Gasteiger partial charge in [-0.05, 0) is 24.3 Å². The first-order chi connectivity index (χ1) is 7.78. The van der Waals surface area contributed by atoms with Gasteiger partial charge >= 0.3 is 0 Å². The van der Waals surface area contributed by atoms with Crippen LogP contribution in [0.15, 0.2) is 35.4 Å². The Morgan fingerprint density at radius 1 is 1.31 bits per heavy atom. The number of benzene rings is 1. The zero-order valence-electron chi connectivity index (χ0n) is 8.39. The number of aromatic nitrogens is 1. The minimum Gasteiger partial charge on any atom is -0.248 e. The van der Waals surface area contributed by atoms with Crippen LogP contribution >= 0.6 is 47.3 Å². The van der Waals surface area contributed by atoms with Gasteiger partial charge in [0.15, 0.2) is 0 Å². The summed E-state index contributed by atoms with van der Waals surface area (Å²) in [6.45, 7) is 0. The third kappa shape index (κ3) is 3.42. The van der Waals surface area contributed by atoms with E-state index in [-0.39, 0.29) is 0 Å². The second kappa shape index (κ2) is 5.96. The maximum absolute atomic E-state index is 5.82. The van der Waals surface area contributed by atoms with Crippen molar-refractivity contribution in [1.29, 1.82) is 0 Å². The van der Waals surface area contributed by atoms with Gasteiger partial charge in [-0.25, -0.2) is 4.98 Å². The number of rotatable bonds is 4. The molecule has 0 aliphatic rings. The smallest absolute Gasteiger partial charge is 0.103 e. The third-order valence-electron chi connectivity index (χ3n) is 1.93. The van der Waals surface area contributed by atoms with E-state index >= 15 is 0 Å². The van der Waals surface area contributed by atoms with Gasteiger partial charge in [0.25, 0.3) is 0 Å². The molecule has 0 radical (unpaired) electrons. The fourth-order valence-corrected chi connectivity index (χ4v) is 3.25. The van der Waals surface area contributed by atoms with Crippen LogP contribution in [0, 0.1) is 0 Å². The molecule has 16 heavy (non-hydrogen) atoms. The monoisotopic (exact) mass is 287 g/mol. The molecule has 0 saturated carbocycles. The molecule has 2 aromatic rings. The maximum atomic E-state index is 5.82. The molecule has 0 N–H and O–H groups in total. The Morgan fingerprint density at radius 3 is 2.69 bits per heavy atom. The highest BCUT2D eigenvalue weighted by atomic mass is 35.5. The van der Waals surface area contributed by atoms with Crippen molar-refractivity contribution >= 4 is 47.3 Å². The van der Waals surface area contributed by atoms with E-state index in [1.54, 1.807) is 23.1 Å². The average molecular weight is 288 g/mol. The molecule has 0 aliphatic carbocycles. The van der Waals surface area contributed by atoms with Crippen molar-refractivity contribution in [2.45, 2.75) is 16.4 Å². The van der Waals surface area contributed by atoms with E-state index in [0.29, 0.717) is 0 Å². The molecule has 0 atom stereocenters. The number of thiol groups is 1. The van der Waals surface area contributed by atoms with E-state index in [2.05, 4.69) is 17.6 Å². The highest BCUT2D eigenvalue weighted by molar-refractivity contribution is 7.98. The van der Waals surface area contributed by atoms with Crippen molar-refractivity contribution in [2.75, 3.05) is 0 Å².